The molecule has 0 spiro atoms. The topological polar surface area (TPSA) is 37.3 Å². The first-order chi connectivity index (χ1) is 4.00. The standard InChI is InChI=1S/C7H12O2/c1-4-5-7(3,9)6(2)8/h4,9H,1,5H2,2-3H3/t7-/m0/s1. The Morgan fingerprint density at radius 2 is 2.33 bits per heavy atom. The number of rotatable bonds is 3. The summed E-state index contributed by atoms with van der Waals surface area (Å²) in [5.41, 5.74) is -1.21. The SMILES string of the molecule is C=CC[C@](C)(O)C(C)=O. The van der Waals surface area contributed by atoms with E-state index in [-0.39, 0.29) is 5.78 Å². The summed E-state index contributed by atoms with van der Waals surface area (Å²) in [4.78, 5) is 10.6. The first-order valence-electron chi connectivity index (χ1n) is 2.85. The zero-order chi connectivity index (χ0) is 7.49. The monoisotopic (exact) mass is 128 g/mol. The smallest absolute Gasteiger partial charge is 0.161 e. The van der Waals surface area contributed by atoms with Crippen molar-refractivity contribution in [2.24, 2.45) is 0 Å². The van der Waals surface area contributed by atoms with Crippen LogP contribution in [0, 0.1) is 0 Å². The fraction of sp³-hybridized carbons (Fsp3) is 0.571. The number of ketones is 1. The minimum Gasteiger partial charge on any atom is -0.382 e. The minimum atomic E-state index is -1.21. The van der Waals surface area contributed by atoms with Crippen LogP contribution in [0.2, 0.25) is 0 Å². The zero-order valence-corrected chi connectivity index (χ0v) is 5.85. The van der Waals surface area contributed by atoms with Gasteiger partial charge in [0.25, 0.3) is 0 Å². The van der Waals surface area contributed by atoms with E-state index in [0.29, 0.717) is 6.42 Å². The van der Waals surface area contributed by atoms with Gasteiger partial charge >= 0.3 is 0 Å². The number of carbonyl (C=O) groups is 1. The highest BCUT2D eigenvalue weighted by molar-refractivity contribution is 5.84. The highest BCUT2D eigenvalue weighted by Gasteiger charge is 2.23. The van der Waals surface area contributed by atoms with Crippen LogP contribution in [0.1, 0.15) is 20.3 Å². The van der Waals surface area contributed by atoms with Gasteiger partial charge in [-0.3, -0.25) is 4.79 Å². The van der Waals surface area contributed by atoms with E-state index in [0.717, 1.165) is 0 Å². The van der Waals surface area contributed by atoms with Crippen molar-refractivity contribution >= 4 is 5.78 Å². The van der Waals surface area contributed by atoms with Crippen LogP contribution in [-0.4, -0.2) is 16.5 Å². The fourth-order valence-electron chi connectivity index (χ4n) is 0.425. The first-order valence-corrected chi connectivity index (χ1v) is 2.85. The van der Waals surface area contributed by atoms with Crippen LogP contribution in [0.15, 0.2) is 12.7 Å². The maximum atomic E-state index is 10.6. The lowest BCUT2D eigenvalue weighted by atomic mass is 9.98. The largest absolute Gasteiger partial charge is 0.382 e. The molecule has 0 aromatic carbocycles. The van der Waals surface area contributed by atoms with E-state index in [1.165, 1.54) is 19.9 Å². The molecule has 0 aromatic rings. The third-order valence-corrected chi connectivity index (χ3v) is 1.30. The van der Waals surface area contributed by atoms with Crippen molar-refractivity contribution in [2.45, 2.75) is 25.9 Å². The van der Waals surface area contributed by atoms with E-state index >= 15 is 0 Å². The molecule has 2 nitrogen and oxygen atoms in total. The molecule has 9 heavy (non-hydrogen) atoms. The summed E-state index contributed by atoms with van der Waals surface area (Å²) in [6.07, 6.45) is 1.85. The Labute approximate surface area is 55.2 Å². The maximum absolute atomic E-state index is 10.6. The van der Waals surface area contributed by atoms with Crippen LogP contribution in [-0.2, 0) is 4.79 Å². The second kappa shape index (κ2) is 2.78. The maximum Gasteiger partial charge on any atom is 0.161 e. The highest BCUT2D eigenvalue weighted by atomic mass is 16.3. The molecule has 0 aliphatic heterocycles. The van der Waals surface area contributed by atoms with Crippen molar-refractivity contribution in [3.05, 3.63) is 12.7 Å². The summed E-state index contributed by atoms with van der Waals surface area (Å²) in [6.45, 7) is 6.26. The van der Waals surface area contributed by atoms with E-state index in [1.54, 1.807) is 0 Å². The Kier molecular flexibility index (Phi) is 2.59. The van der Waals surface area contributed by atoms with Gasteiger partial charge in [0.1, 0.15) is 5.60 Å². The Morgan fingerprint density at radius 3 is 2.44 bits per heavy atom. The number of carbonyl (C=O) groups excluding carboxylic acids is 1. The van der Waals surface area contributed by atoms with Crippen molar-refractivity contribution in [2.75, 3.05) is 0 Å². The quantitative estimate of drug-likeness (QED) is 0.573. The second-order valence-electron chi connectivity index (χ2n) is 2.32. The van der Waals surface area contributed by atoms with E-state index < -0.39 is 5.60 Å². The van der Waals surface area contributed by atoms with E-state index in [2.05, 4.69) is 6.58 Å². The molecule has 0 amide bonds. The second-order valence-corrected chi connectivity index (χ2v) is 2.32. The summed E-state index contributed by atoms with van der Waals surface area (Å²) >= 11 is 0. The van der Waals surface area contributed by atoms with Gasteiger partial charge in [0, 0.05) is 6.42 Å². The van der Waals surface area contributed by atoms with Gasteiger partial charge in [-0.15, -0.1) is 6.58 Å². The molecule has 0 heterocycles. The number of aliphatic hydroxyl groups is 1. The van der Waals surface area contributed by atoms with Crippen molar-refractivity contribution in [1.29, 1.82) is 0 Å². The van der Waals surface area contributed by atoms with Gasteiger partial charge in [-0.05, 0) is 13.8 Å². The van der Waals surface area contributed by atoms with Gasteiger partial charge < -0.3 is 5.11 Å². The summed E-state index contributed by atoms with van der Waals surface area (Å²) in [5.74, 6) is -0.220. The molecular formula is C7H12O2. The molecular weight excluding hydrogens is 116 g/mol. The molecule has 0 saturated carbocycles. The lowest BCUT2D eigenvalue weighted by Crippen LogP contribution is -2.31. The molecule has 1 atom stereocenters. The average Bonchev–Trinajstić information content (AvgIpc) is 1.65. The predicted octanol–water partition coefficient (Wildman–Crippen LogP) is 0.902. The van der Waals surface area contributed by atoms with Gasteiger partial charge in [-0.1, -0.05) is 6.08 Å². The molecule has 1 N–H and O–H groups in total. The van der Waals surface area contributed by atoms with Crippen LogP contribution in [0.25, 0.3) is 0 Å². The Balaban J connectivity index is 4.00. The molecule has 0 saturated heterocycles. The summed E-state index contributed by atoms with van der Waals surface area (Å²) in [7, 11) is 0. The molecule has 0 fully saturated rings. The van der Waals surface area contributed by atoms with Crippen molar-refractivity contribution in [3.8, 4) is 0 Å². The zero-order valence-electron chi connectivity index (χ0n) is 5.85. The molecule has 52 valence electrons. The number of Topliss-reactive ketones (excluding diaryl/α,β-unsaturated/α-hetero) is 1. The van der Waals surface area contributed by atoms with E-state index in [1.807, 2.05) is 0 Å². The summed E-state index contributed by atoms with van der Waals surface area (Å²) in [6, 6.07) is 0. The summed E-state index contributed by atoms with van der Waals surface area (Å²) < 4.78 is 0. The lowest BCUT2D eigenvalue weighted by Gasteiger charge is -2.16. The normalized spacial score (nSPS) is 16.3. The van der Waals surface area contributed by atoms with Gasteiger partial charge in [0.15, 0.2) is 5.78 Å². The van der Waals surface area contributed by atoms with E-state index in [4.69, 9.17) is 0 Å². The molecule has 0 radical (unpaired) electrons. The third kappa shape index (κ3) is 2.42. The fourth-order valence-corrected chi connectivity index (χ4v) is 0.425. The highest BCUT2D eigenvalue weighted by Crippen LogP contribution is 2.09. The molecule has 0 aromatic heterocycles. The van der Waals surface area contributed by atoms with Gasteiger partial charge in [-0.2, -0.15) is 0 Å². The number of hydrogen-bond acceptors (Lipinski definition) is 2. The van der Waals surface area contributed by atoms with Crippen LogP contribution in [0.5, 0.6) is 0 Å². The minimum absolute atomic E-state index is 0.220. The van der Waals surface area contributed by atoms with Crippen molar-refractivity contribution in [1.82, 2.24) is 0 Å². The molecule has 0 aliphatic carbocycles. The molecule has 0 unspecified atom stereocenters. The Hall–Kier alpha value is -0.630. The van der Waals surface area contributed by atoms with Gasteiger partial charge in [0.05, 0.1) is 0 Å². The predicted molar refractivity (Wildman–Crippen MR) is 36.1 cm³/mol. The Morgan fingerprint density at radius 1 is 1.89 bits per heavy atom. The van der Waals surface area contributed by atoms with Crippen LogP contribution >= 0.6 is 0 Å². The van der Waals surface area contributed by atoms with Crippen molar-refractivity contribution in [3.63, 3.8) is 0 Å². The molecule has 0 rings (SSSR count). The third-order valence-electron chi connectivity index (χ3n) is 1.30. The first kappa shape index (κ1) is 8.37. The van der Waals surface area contributed by atoms with Gasteiger partial charge in [0.2, 0.25) is 0 Å². The van der Waals surface area contributed by atoms with Crippen molar-refractivity contribution < 1.29 is 9.90 Å². The van der Waals surface area contributed by atoms with Gasteiger partial charge in [-0.25, -0.2) is 0 Å². The lowest BCUT2D eigenvalue weighted by molar-refractivity contribution is -0.132. The van der Waals surface area contributed by atoms with E-state index in [9.17, 15) is 9.90 Å². The van der Waals surface area contributed by atoms with Crippen LogP contribution in [0.4, 0.5) is 0 Å². The molecule has 0 aliphatic rings. The Bertz CT molecular complexity index is 125. The van der Waals surface area contributed by atoms with Crippen LogP contribution in [0.3, 0.4) is 0 Å². The molecule has 0 bridgehead atoms. The number of hydrogen-bond donors (Lipinski definition) is 1. The molecule has 2 heteroatoms. The summed E-state index contributed by atoms with van der Waals surface area (Å²) in [5, 5.41) is 9.17. The van der Waals surface area contributed by atoms with Crippen LogP contribution < -0.4 is 0 Å². The average molecular weight is 128 g/mol.